The minimum absolute atomic E-state index is 0.219. The Bertz CT molecular complexity index is 829. The van der Waals surface area contributed by atoms with Crippen molar-refractivity contribution in [3.63, 3.8) is 0 Å². The Kier molecular flexibility index (Phi) is 4.24. The largest absolute Gasteiger partial charge is 0.334 e. The lowest BCUT2D eigenvalue weighted by Crippen LogP contribution is -2.27. The Labute approximate surface area is 132 Å². The molecular weight excluding hydrogens is 294 g/mol. The van der Waals surface area contributed by atoms with E-state index in [0.717, 1.165) is 11.0 Å². The van der Waals surface area contributed by atoms with E-state index in [-0.39, 0.29) is 11.6 Å². The second-order valence-corrected chi connectivity index (χ2v) is 5.17. The Morgan fingerprint density at radius 1 is 1.30 bits per heavy atom. The number of amides is 1. The number of para-hydroxylation sites is 2. The van der Waals surface area contributed by atoms with Crippen LogP contribution in [-0.4, -0.2) is 49.4 Å². The third-order valence-electron chi connectivity index (χ3n) is 3.36. The predicted molar refractivity (Wildman–Crippen MR) is 84.4 cm³/mol. The lowest BCUT2D eigenvalue weighted by atomic mass is 10.3. The van der Waals surface area contributed by atoms with Gasteiger partial charge in [-0.15, -0.1) is 5.10 Å². The van der Waals surface area contributed by atoms with Crippen LogP contribution in [0.1, 0.15) is 16.2 Å². The smallest absolute Gasteiger partial charge is 0.276 e. The first-order valence-electron chi connectivity index (χ1n) is 7.23. The van der Waals surface area contributed by atoms with Crippen LogP contribution in [0.4, 0.5) is 0 Å². The van der Waals surface area contributed by atoms with Crippen molar-refractivity contribution in [2.75, 3.05) is 13.6 Å². The number of carbonyl (C=O) groups is 1. The fourth-order valence-corrected chi connectivity index (χ4v) is 2.22. The molecule has 1 aromatic carbocycles. The van der Waals surface area contributed by atoms with Gasteiger partial charge in [0.05, 0.1) is 42.2 Å². The van der Waals surface area contributed by atoms with E-state index in [1.54, 1.807) is 24.1 Å². The first kappa shape index (κ1) is 15.0. The third-order valence-corrected chi connectivity index (χ3v) is 3.36. The van der Waals surface area contributed by atoms with Gasteiger partial charge >= 0.3 is 0 Å². The summed E-state index contributed by atoms with van der Waals surface area (Å²) < 4.78 is 1.55. The molecule has 0 aliphatic rings. The number of fused-ring (bicyclic) bond motifs is 1. The molecule has 2 aromatic heterocycles. The highest BCUT2D eigenvalue weighted by molar-refractivity contribution is 5.91. The molecule has 8 nitrogen and oxygen atoms in total. The van der Waals surface area contributed by atoms with E-state index < -0.39 is 0 Å². The van der Waals surface area contributed by atoms with Gasteiger partial charge in [0.2, 0.25) is 0 Å². The zero-order valence-electron chi connectivity index (χ0n) is 12.8. The maximum atomic E-state index is 12.4. The second kappa shape index (κ2) is 6.49. The zero-order chi connectivity index (χ0) is 16.2. The molecule has 0 saturated heterocycles. The minimum Gasteiger partial charge on any atom is -0.334 e. The number of nitrogens with zero attached hydrogens (tertiary/aromatic N) is 6. The number of aromatic nitrogens is 5. The van der Waals surface area contributed by atoms with Gasteiger partial charge in [0.15, 0.2) is 5.69 Å². The SMILES string of the molecule is CN(Cc1cnc2ccccc2n1)C(=O)c1cn(CCN)nn1. The van der Waals surface area contributed by atoms with Crippen LogP contribution in [0.15, 0.2) is 36.7 Å². The normalized spacial score (nSPS) is 10.9. The van der Waals surface area contributed by atoms with Crippen molar-refractivity contribution in [1.82, 2.24) is 29.9 Å². The maximum absolute atomic E-state index is 12.4. The lowest BCUT2D eigenvalue weighted by Gasteiger charge is -2.15. The second-order valence-electron chi connectivity index (χ2n) is 5.17. The first-order valence-corrected chi connectivity index (χ1v) is 7.23. The maximum Gasteiger partial charge on any atom is 0.276 e. The molecular formula is C15H17N7O. The van der Waals surface area contributed by atoms with Crippen LogP contribution >= 0.6 is 0 Å². The average molecular weight is 311 g/mol. The van der Waals surface area contributed by atoms with Gasteiger partial charge in [0.1, 0.15) is 0 Å². The molecule has 0 fully saturated rings. The van der Waals surface area contributed by atoms with Crippen LogP contribution in [0.25, 0.3) is 11.0 Å². The molecule has 118 valence electrons. The Balaban J connectivity index is 1.73. The highest BCUT2D eigenvalue weighted by Gasteiger charge is 2.16. The van der Waals surface area contributed by atoms with Crippen molar-refractivity contribution in [3.05, 3.63) is 48.0 Å². The van der Waals surface area contributed by atoms with Gasteiger partial charge in [-0.2, -0.15) is 0 Å². The van der Waals surface area contributed by atoms with E-state index in [0.29, 0.717) is 25.3 Å². The molecule has 0 saturated carbocycles. The van der Waals surface area contributed by atoms with Crippen LogP contribution < -0.4 is 5.73 Å². The molecule has 1 amide bonds. The molecule has 0 atom stereocenters. The van der Waals surface area contributed by atoms with Crippen molar-refractivity contribution < 1.29 is 4.79 Å². The molecule has 0 spiro atoms. The highest BCUT2D eigenvalue weighted by Crippen LogP contribution is 2.10. The van der Waals surface area contributed by atoms with Crippen molar-refractivity contribution in [2.45, 2.75) is 13.1 Å². The summed E-state index contributed by atoms with van der Waals surface area (Å²) in [6, 6.07) is 7.62. The minimum atomic E-state index is -0.219. The summed E-state index contributed by atoms with van der Waals surface area (Å²) in [5, 5.41) is 7.75. The zero-order valence-corrected chi connectivity index (χ0v) is 12.8. The summed E-state index contributed by atoms with van der Waals surface area (Å²) in [6.45, 7) is 1.32. The van der Waals surface area contributed by atoms with E-state index in [9.17, 15) is 4.79 Å². The molecule has 0 unspecified atom stereocenters. The molecule has 2 heterocycles. The Morgan fingerprint density at radius 3 is 2.87 bits per heavy atom. The molecule has 0 radical (unpaired) electrons. The topological polar surface area (TPSA) is 103 Å². The summed E-state index contributed by atoms with van der Waals surface area (Å²) >= 11 is 0. The third kappa shape index (κ3) is 3.32. The molecule has 2 N–H and O–H groups in total. The molecule has 3 rings (SSSR count). The van der Waals surface area contributed by atoms with Gasteiger partial charge in [-0.05, 0) is 12.1 Å². The summed E-state index contributed by atoms with van der Waals surface area (Å²) in [5.41, 5.74) is 8.09. The van der Waals surface area contributed by atoms with Crippen molar-refractivity contribution >= 4 is 16.9 Å². The monoisotopic (exact) mass is 311 g/mol. The highest BCUT2D eigenvalue weighted by atomic mass is 16.2. The molecule has 0 aliphatic heterocycles. The van der Waals surface area contributed by atoms with Crippen LogP contribution in [0.2, 0.25) is 0 Å². The molecule has 8 heteroatoms. The lowest BCUT2D eigenvalue weighted by molar-refractivity contribution is 0.0777. The van der Waals surface area contributed by atoms with Gasteiger partial charge in [-0.1, -0.05) is 17.3 Å². The van der Waals surface area contributed by atoms with Crippen LogP contribution in [-0.2, 0) is 13.1 Å². The number of nitrogens with two attached hydrogens (primary N) is 1. The van der Waals surface area contributed by atoms with Crippen molar-refractivity contribution in [1.29, 1.82) is 0 Å². The fourth-order valence-electron chi connectivity index (χ4n) is 2.22. The molecule has 3 aromatic rings. The van der Waals surface area contributed by atoms with Crippen LogP contribution in [0.3, 0.4) is 0 Å². The number of benzene rings is 1. The molecule has 0 aliphatic carbocycles. The van der Waals surface area contributed by atoms with Gasteiger partial charge in [0.25, 0.3) is 5.91 Å². The van der Waals surface area contributed by atoms with Gasteiger partial charge in [-0.25, -0.2) is 4.98 Å². The van der Waals surface area contributed by atoms with E-state index in [2.05, 4.69) is 20.3 Å². The number of rotatable bonds is 5. The Hall–Kier alpha value is -2.87. The first-order chi connectivity index (χ1) is 11.2. The standard InChI is InChI=1S/C15H17N7O/c1-21(15(23)14-10-22(7-6-16)20-19-14)9-11-8-17-12-4-2-3-5-13(12)18-11/h2-5,8,10H,6-7,9,16H2,1H3. The van der Waals surface area contributed by atoms with E-state index in [1.807, 2.05) is 24.3 Å². The van der Waals surface area contributed by atoms with Crippen molar-refractivity contribution in [2.24, 2.45) is 5.73 Å². The quantitative estimate of drug-likeness (QED) is 0.734. The number of carbonyl (C=O) groups excluding carboxylic acids is 1. The fraction of sp³-hybridized carbons (Fsp3) is 0.267. The summed E-state index contributed by atoms with van der Waals surface area (Å²) in [7, 11) is 1.70. The number of hydrogen-bond acceptors (Lipinski definition) is 6. The van der Waals surface area contributed by atoms with E-state index in [1.165, 1.54) is 4.90 Å². The number of hydrogen-bond donors (Lipinski definition) is 1. The van der Waals surface area contributed by atoms with Gasteiger partial charge in [0, 0.05) is 13.6 Å². The average Bonchev–Trinajstić information content (AvgIpc) is 3.03. The van der Waals surface area contributed by atoms with E-state index >= 15 is 0 Å². The van der Waals surface area contributed by atoms with E-state index in [4.69, 9.17) is 5.73 Å². The summed E-state index contributed by atoms with van der Waals surface area (Å²) in [5.74, 6) is -0.219. The summed E-state index contributed by atoms with van der Waals surface area (Å²) in [6.07, 6.45) is 3.27. The van der Waals surface area contributed by atoms with Gasteiger partial charge in [-0.3, -0.25) is 14.5 Å². The van der Waals surface area contributed by atoms with Gasteiger partial charge < -0.3 is 10.6 Å². The van der Waals surface area contributed by atoms with Crippen molar-refractivity contribution in [3.8, 4) is 0 Å². The molecule has 23 heavy (non-hydrogen) atoms. The predicted octanol–water partition coefficient (Wildman–Crippen LogP) is 0.452. The molecule has 0 bridgehead atoms. The summed E-state index contributed by atoms with van der Waals surface area (Å²) in [4.78, 5) is 22.8. The Morgan fingerprint density at radius 2 is 2.09 bits per heavy atom. The van der Waals surface area contributed by atoms with Crippen LogP contribution in [0.5, 0.6) is 0 Å². The van der Waals surface area contributed by atoms with Crippen LogP contribution in [0, 0.1) is 0 Å².